The van der Waals surface area contributed by atoms with Gasteiger partial charge in [-0.3, -0.25) is 9.69 Å². The normalized spacial score (nSPS) is 22.6. The van der Waals surface area contributed by atoms with E-state index in [2.05, 4.69) is 28.9 Å². The molecule has 29 heavy (non-hydrogen) atoms. The summed E-state index contributed by atoms with van der Waals surface area (Å²) in [5.74, 6) is -0.0207. The lowest BCUT2D eigenvalue weighted by Gasteiger charge is -2.46. The Balaban J connectivity index is 1.43. The van der Waals surface area contributed by atoms with Crippen molar-refractivity contribution in [1.82, 2.24) is 24.6 Å². The second kappa shape index (κ2) is 7.57. The van der Waals surface area contributed by atoms with Gasteiger partial charge in [0.05, 0.1) is 31.2 Å². The molecule has 4 heterocycles. The molecule has 0 spiro atoms. The van der Waals surface area contributed by atoms with Crippen LogP contribution in [0.15, 0.2) is 48.7 Å². The predicted molar refractivity (Wildman–Crippen MR) is 110 cm³/mol. The molecule has 7 nitrogen and oxygen atoms in total. The van der Waals surface area contributed by atoms with Crippen molar-refractivity contribution >= 4 is 16.9 Å². The van der Waals surface area contributed by atoms with Crippen LogP contribution in [0.25, 0.3) is 11.0 Å². The van der Waals surface area contributed by atoms with Gasteiger partial charge >= 0.3 is 0 Å². The van der Waals surface area contributed by atoms with Gasteiger partial charge in [-0.25, -0.2) is 9.67 Å². The summed E-state index contributed by atoms with van der Waals surface area (Å²) in [7, 11) is 0. The van der Waals surface area contributed by atoms with E-state index in [0.29, 0.717) is 38.0 Å². The number of amides is 1. The van der Waals surface area contributed by atoms with Crippen LogP contribution in [0.4, 0.5) is 0 Å². The molecule has 0 N–H and O–H groups in total. The maximum atomic E-state index is 13.4. The van der Waals surface area contributed by atoms with Crippen molar-refractivity contribution in [2.45, 2.75) is 25.6 Å². The van der Waals surface area contributed by atoms with Gasteiger partial charge in [-0.05, 0) is 24.6 Å². The highest BCUT2D eigenvalue weighted by Gasteiger charge is 2.36. The Morgan fingerprint density at radius 3 is 2.86 bits per heavy atom. The van der Waals surface area contributed by atoms with Crippen molar-refractivity contribution in [2.75, 3.05) is 32.8 Å². The van der Waals surface area contributed by atoms with Crippen LogP contribution < -0.4 is 0 Å². The third-order valence-electron chi connectivity index (χ3n) is 5.94. The van der Waals surface area contributed by atoms with E-state index in [9.17, 15) is 4.79 Å². The van der Waals surface area contributed by atoms with E-state index in [-0.39, 0.29) is 11.9 Å². The van der Waals surface area contributed by atoms with E-state index >= 15 is 0 Å². The van der Waals surface area contributed by atoms with Crippen LogP contribution in [-0.4, -0.2) is 75.4 Å². The molecule has 0 bridgehead atoms. The number of benzene rings is 1. The first-order valence-corrected chi connectivity index (χ1v) is 10.2. The van der Waals surface area contributed by atoms with Crippen LogP contribution in [0, 0.1) is 0 Å². The van der Waals surface area contributed by atoms with Gasteiger partial charge in [0.15, 0.2) is 11.3 Å². The van der Waals surface area contributed by atoms with Crippen molar-refractivity contribution in [2.24, 2.45) is 0 Å². The molecule has 1 amide bonds. The summed E-state index contributed by atoms with van der Waals surface area (Å²) in [5.41, 5.74) is 2.36. The highest BCUT2D eigenvalue weighted by atomic mass is 16.5. The fraction of sp³-hybridized carbons (Fsp3) is 0.409. The number of carbonyl (C=O) groups excluding carboxylic acids is 1. The third-order valence-corrected chi connectivity index (χ3v) is 5.94. The number of nitrogens with zero attached hydrogens (tertiary/aromatic N) is 5. The van der Waals surface area contributed by atoms with Gasteiger partial charge in [-0.1, -0.05) is 30.3 Å². The van der Waals surface area contributed by atoms with Crippen molar-refractivity contribution in [3.8, 4) is 0 Å². The standard InChI is InChI=1S/C22H25N5O2/c1-16-14-29-15-18-13-25(10-11-26(16)18)22(28)20-19-8-5-9-23-21(19)27(24-20)12-17-6-3-2-4-7-17/h2-9,16,18H,10-15H2,1H3/t16-,18+/m0/s1. The predicted octanol–water partition coefficient (Wildman–Crippen LogP) is 2.02. The Morgan fingerprint density at radius 2 is 2.00 bits per heavy atom. The molecule has 1 aromatic carbocycles. The molecule has 2 aliphatic heterocycles. The molecule has 7 heteroatoms. The topological polar surface area (TPSA) is 63.5 Å². The van der Waals surface area contributed by atoms with Gasteiger partial charge in [0.1, 0.15) is 0 Å². The molecule has 0 aliphatic carbocycles. The number of fused-ring (bicyclic) bond motifs is 2. The van der Waals surface area contributed by atoms with E-state index in [4.69, 9.17) is 9.84 Å². The zero-order chi connectivity index (χ0) is 19.8. The SMILES string of the molecule is C[C@H]1COC[C@H]2CN(C(=O)c3nn(Cc4ccccc4)c4ncccc34)CCN21. The second-order valence-corrected chi connectivity index (χ2v) is 7.90. The van der Waals surface area contributed by atoms with Crippen molar-refractivity contribution in [3.05, 3.63) is 59.9 Å². The molecule has 2 atom stereocenters. The highest BCUT2D eigenvalue weighted by Crippen LogP contribution is 2.23. The lowest BCUT2D eigenvalue weighted by molar-refractivity contribution is -0.0700. The fourth-order valence-corrected chi connectivity index (χ4v) is 4.44. The van der Waals surface area contributed by atoms with Crippen molar-refractivity contribution in [1.29, 1.82) is 0 Å². The van der Waals surface area contributed by atoms with Crippen LogP contribution in [0.1, 0.15) is 23.0 Å². The van der Waals surface area contributed by atoms with Gasteiger partial charge in [0, 0.05) is 31.9 Å². The summed E-state index contributed by atoms with van der Waals surface area (Å²) in [4.78, 5) is 22.3. The first-order chi connectivity index (χ1) is 14.2. The molecular weight excluding hydrogens is 366 g/mol. The molecule has 0 radical (unpaired) electrons. The number of piperazine rings is 1. The summed E-state index contributed by atoms with van der Waals surface area (Å²) in [6, 6.07) is 14.6. The monoisotopic (exact) mass is 391 g/mol. The van der Waals surface area contributed by atoms with Gasteiger partial charge in [-0.2, -0.15) is 5.10 Å². The minimum atomic E-state index is -0.0207. The van der Waals surface area contributed by atoms with E-state index in [1.54, 1.807) is 6.20 Å². The molecule has 2 fully saturated rings. The number of hydrogen-bond donors (Lipinski definition) is 0. The number of hydrogen-bond acceptors (Lipinski definition) is 5. The van der Waals surface area contributed by atoms with Crippen molar-refractivity contribution in [3.63, 3.8) is 0 Å². The lowest BCUT2D eigenvalue weighted by atomic mass is 10.1. The molecule has 3 aromatic rings. The fourth-order valence-electron chi connectivity index (χ4n) is 4.44. The zero-order valence-electron chi connectivity index (χ0n) is 16.6. The highest BCUT2D eigenvalue weighted by molar-refractivity contribution is 6.04. The molecule has 150 valence electrons. The Labute approximate surface area is 169 Å². The maximum absolute atomic E-state index is 13.4. The van der Waals surface area contributed by atoms with Crippen LogP contribution in [0.5, 0.6) is 0 Å². The van der Waals surface area contributed by atoms with Crippen molar-refractivity contribution < 1.29 is 9.53 Å². The molecule has 0 unspecified atom stereocenters. The van der Waals surface area contributed by atoms with E-state index < -0.39 is 0 Å². The molecular formula is C22H25N5O2. The second-order valence-electron chi connectivity index (χ2n) is 7.90. The number of morpholine rings is 1. The first kappa shape index (κ1) is 18.3. The van der Waals surface area contributed by atoms with E-state index in [1.807, 2.05) is 39.9 Å². The molecule has 2 saturated heterocycles. The quantitative estimate of drug-likeness (QED) is 0.684. The van der Waals surface area contributed by atoms with Gasteiger partial charge in [0.2, 0.25) is 0 Å². The molecule has 2 aliphatic rings. The summed E-state index contributed by atoms with van der Waals surface area (Å²) in [5, 5.41) is 5.51. The van der Waals surface area contributed by atoms with Gasteiger partial charge in [-0.15, -0.1) is 0 Å². The molecule has 2 aromatic heterocycles. The maximum Gasteiger partial charge on any atom is 0.275 e. The Hall–Kier alpha value is -2.77. The van der Waals surface area contributed by atoms with Crippen LogP contribution in [-0.2, 0) is 11.3 Å². The minimum Gasteiger partial charge on any atom is -0.378 e. The van der Waals surface area contributed by atoms with E-state index in [0.717, 1.165) is 29.7 Å². The smallest absolute Gasteiger partial charge is 0.275 e. The minimum absolute atomic E-state index is 0.0207. The summed E-state index contributed by atoms with van der Waals surface area (Å²) < 4.78 is 7.55. The van der Waals surface area contributed by atoms with Crippen LogP contribution >= 0.6 is 0 Å². The third kappa shape index (κ3) is 3.41. The average Bonchev–Trinajstić information content (AvgIpc) is 3.12. The zero-order valence-corrected chi connectivity index (χ0v) is 16.6. The number of pyridine rings is 1. The van der Waals surface area contributed by atoms with Crippen LogP contribution in [0.3, 0.4) is 0 Å². The first-order valence-electron chi connectivity index (χ1n) is 10.2. The van der Waals surface area contributed by atoms with Crippen LogP contribution in [0.2, 0.25) is 0 Å². The molecule has 0 saturated carbocycles. The number of rotatable bonds is 3. The Morgan fingerprint density at radius 1 is 1.14 bits per heavy atom. The summed E-state index contributed by atoms with van der Waals surface area (Å²) >= 11 is 0. The lowest BCUT2D eigenvalue weighted by Crippen LogP contribution is -2.62. The number of ether oxygens (including phenoxy) is 1. The van der Waals surface area contributed by atoms with Gasteiger partial charge < -0.3 is 9.64 Å². The Bertz CT molecular complexity index is 1020. The largest absolute Gasteiger partial charge is 0.378 e. The average molecular weight is 391 g/mol. The molecule has 5 rings (SSSR count). The van der Waals surface area contributed by atoms with Gasteiger partial charge in [0.25, 0.3) is 5.91 Å². The summed E-state index contributed by atoms with van der Waals surface area (Å²) in [6.45, 7) is 6.49. The number of carbonyl (C=O) groups is 1. The number of aromatic nitrogens is 3. The Kier molecular flexibility index (Phi) is 4.77. The van der Waals surface area contributed by atoms with E-state index in [1.165, 1.54) is 0 Å². The summed E-state index contributed by atoms with van der Waals surface area (Å²) in [6.07, 6.45) is 1.75.